The van der Waals surface area contributed by atoms with Gasteiger partial charge >= 0.3 is 6.18 Å². The Morgan fingerprint density at radius 2 is 1.87 bits per heavy atom. The van der Waals surface area contributed by atoms with Gasteiger partial charge in [0, 0.05) is 16.7 Å². The molecule has 45 heavy (non-hydrogen) atoms. The zero-order valence-corrected chi connectivity index (χ0v) is 23.8. The molecule has 236 valence electrons. The molecule has 10 nitrogen and oxygen atoms in total. The molecule has 0 spiro atoms. The highest BCUT2D eigenvalue weighted by molar-refractivity contribution is 6.00. The highest BCUT2D eigenvalue weighted by Crippen LogP contribution is 2.48. The van der Waals surface area contributed by atoms with Gasteiger partial charge in [-0.25, -0.2) is 14.1 Å². The number of alkyl halides is 3. The Balaban J connectivity index is 1.41. The Bertz CT molecular complexity index is 1860. The van der Waals surface area contributed by atoms with E-state index in [0.29, 0.717) is 0 Å². The van der Waals surface area contributed by atoms with Crippen LogP contribution in [0.5, 0.6) is 11.5 Å². The summed E-state index contributed by atoms with van der Waals surface area (Å²) in [6, 6.07) is 7.65. The lowest BCUT2D eigenvalue weighted by Gasteiger charge is -2.31. The number of primary amides is 1. The van der Waals surface area contributed by atoms with Gasteiger partial charge in [-0.15, -0.1) is 0 Å². The van der Waals surface area contributed by atoms with Crippen molar-refractivity contribution < 1.29 is 46.1 Å². The lowest BCUT2D eigenvalue weighted by Crippen LogP contribution is -2.51. The first-order valence-corrected chi connectivity index (χ1v) is 13.8. The predicted molar refractivity (Wildman–Crippen MR) is 148 cm³/mol. The predicted octanol–water partition coefficient (Wildman–Crippen LogP) is 4.04. The van der Waals surface area contributed by atoms with E-state index in [1.807, 2.05) is 0 Å². The first-order chi connectivity index (χ1) is 21.2. The van der Waals surface area contributed by atoms with Gasteiger partial charge in [-0.2, -0.15) is 22.7 Å². The van der Waals surface area contributed by atoms with Gasteiger partial charge in [-0.05, 0) is 62.2 Å². The normalized spacial score (nSPS) is 19.1. The number of carbonyl (C=O) groups excluding carboxylic acids is 2. The van der Waals surface area contributed by atoms with E-state index in [0.717, 1.165) is 37.1 Å². The van der Waals surface area contributed by atoms with Crippen molar-refractivity contribution in [3.8, 4) is 22.8 Å². The molecule has 2 aromatic heterocycles. The average Bonchev–Trinajstić information content (AvgIpc) is 3.71. The molecule has 1 aliphatic carbocycles. The van der Waals surface area contributed by atoms with E-state index in [4.69, 9.17) is 15.2 Å². The van der Waals surface area contributed by atoms with Crippen LogP contribution in [0.3, 0.4) is 0 Å². The molecule has 2 aromatic carbocycles. The monoisotopic (exact) mass is 631 g/mol. The molecule has 4 N–H and O–H groups in total. The molecule has 15 heteroatoms. The van der Waals surface area contributed by atoms with Crippen molar-refractivity contribution in [1.29, 1.82) is 0 Å². The van der Waals surface area contributed by atoms with Crippen LogP contribution in [0.25, 0.3) is 22.2 Å². The van der Waals surface area contributed by atoms with Crippen LogP contribution in [-0.4, -0.2) is 58.1 Å². The number of benzene rings is 2. The Kier molecular flexibility index (Phi) is 6.99. The fraction of sp³-hybridized carbons (Fsp3) is 0.333. The number of halogens is 5. The minimum absolute atomic E-state index is 0.0250. The highest BCUT2D eigenvalue weighted by Gasteiger charge is 2.57. The molecule has 2 atom stereocenters. The van der Waals surface area contributed by atoms with Crippen molar-refractivity contribution in [3.05, 3.63) is 71.1 Å². The number of methoxy groups -OCH3 is 1. The molecule has 0 saturated heterocycles. The summed E-state index contributed by atoms with van der Waals surface area (Å²) < 4.78 is 85.0. The second-order valence-corrected chi connectivity index (χ2v) is 11.3. The van der Waals surface area contributed by atoms with Crippen molar-refractivity contribution in [2.24, 2.45) is 5.73 Å². The number of fused-ring (bicyclic) bond motifs is 2. The third-order valence-corrected chi connectivity index (χ3v) is 8.21. The number of carbonyl (C=O) groups is 2. The van der Waals surface area contributed by atoms with Crippen molar-refractivity contribution in [2.75, 3.05) is 20.3 Å². The van der Waals surface area contributed by atoms with E-state index in [1.54, 1.807) is 0 Å². The molecular weight excluding hydrogens is 605 g/mol. The quantitative estimate of drug-likeness (QED) is 0.249. The molecule has 6 rings (SSSR count). The SMILES string of the molecule is COc1cc(C(=O)NCC(O)(c2cc3c(c(-c4ccc(F)cc4)n2)OC[C@]3(C)C(N)=O)C(F)(F)F)cc2c(F)n(C3CC3)nc12. The zero-order chi connectivity index (χ0) is 32.5. The fourth-order valence-corrected chi connectivity index (χ4v) is 5.24. The third kappa shape index (κ3) is 4.90. The van der Waals surface area contributed by atoms with Gasteiger partial charge in [0.15, 0.2) is 0 Å². The van der Waals surface area contributed by atoms with Crippen molar-refractivity contribution in [2.45, 2.75) is 43.0 Å². The number of amides is 2. The van der Waals surface area contributed by atoms with E-state index in [2.05, 4.69) is 15.4 Å². The molecule has 3 heterocycles. The minimum Gasteiger partial charge on any atom is -0.494 e. The molecule has 0 bridgehead atoms. The largest absolute Gasteiger partial charge is 0.494 e. The Hall–Kier alpha value is -4.79. The summed E-state index contributed by atoms with van der Waals surface area (Å²) in [5.41, 5.74) is -1.06. The summed E-state index contributed by atoms with van der Waals surface area (Å²) >= 11 is 0. The van der Waals surface area contributed by atoms with Gasteiger partial charge in [0.05, 0.1) is 30.8 Å². The Morgan fingerprint density at radius 1 is 1.18 bits per heavy atom. The second kappa shape index (κ2) is 10.4. The van der Waals surface area contributed by atoms with Crippen LogP contribution in [0.4, 0.5) is 22.0 Å². The van der Waals surface area contributed by atoms with E-state index < -0.39 is 53.0 Å². The Labute approximate surface area is 251 Å². The molecule has 1 fully saturated rings. The van der Waals surface area contributed by atoms with E-state index in [-0.39, 0.29) is 57.4 Å². The van der Waals surface area contributed by atoms with Gasteiger partial charge in [-0.1, -0.05) is 0 Å². The summed E-state index contributed by atoms with van der Waals surface area (Å²) in [6.07, 6.45) is -3.97. The molecule has 2 amide bonds. The molecule has 0 radical (unpaired) electrons. The lowest BCUT2D eigenvalue weighted by atomic mass is 9.81. The summed E-state index contributed by atoms with van der Waals surface area (Å²) in [5.74, 6) is -3.37. The number of nitrogens with two attached hydrogens (primary N) is 1. The van der Waals surface area contributed by atoms with Gasteiger partial charge in [-0.3, -0.25) is 9.59 Å². The van der Waals surface area contributed by atoms with Crippen molar-refractivity contribution >= 4 is 22.7 Å². The molecular formula is C30H26F5N5O5. The average molecular weight is 632 g/mol. The fourth-order valence-electron chi connectivity index (χ4n) is 5.24. The maximum atomic E-state index is 15.1. The topological polar surface area (TPSA) is 142 Å². The minimum atomic E-state index is -5.41. The first-order valence-electron chi connectivity index (χ1n) is 13.8. The highest BCUT2D eigenvalue weighted by atomic mass is 19.4. The number of rotatable bonds is 8. The maximum Gasteiger partial charge on any atom is 0.424 e. The molecule has 2 aliphatic rings. The maximum absolute atomic E-state index is 15.1. The summed E-state index contributed by atoms with van der Waals surface area (Å²) in [7, 11) is 1.27. The summed E-state index contributed by atoms with van der Waals surface area (Å²) in [4.78, 5) is 29.7. The van der Waals surface area contributed by atoms with Crippen LogP contribution in [-0.2, 0) is 15.8 Å². The Morgan fingerprint density at radius 3 is 2.47 bits per heavy atom. The summed E-state index contributed by atoms with van der Waals surface area (Å²) in [5, 5.41) is 17.5. The van der Waals surface area contributed by atoms with E-state index in [9.17, 15) is 32.3 Å². The van der Waals surface area contributed by atoms with Crippen LogP contribution in [0, 0.1) is 11.8 Å². The van der Waals surface area contributed by atoms with Crippen LogP contribution in [0.2, 0.25) is 0 Å². The smallest absolute Gasteiger partial charge is 0.424 e. The molecule has 1 unspecified atom stereocenters. The van der Waals surface area contributed by atoms with Crippen LogP contribution < -0.4 is 20.5 Å². The number of aromatic nitrogens is 3. The van der Waals surface area contributed by atoms with Crippen molar-refractivity contribution in [3.63, 3.8) is 0 Å². The number of aliphatic hydroxyl groups is 1. The van der Waals surface area contributed by atoms with Crippen molar-refractivity contribution in [1.82, 2.24) is 20.1 Å². The standard InChI is InChI=1S/C30H26F5N5O5/c1-28(27(36)42)13-45-24-19(28)11-21(38-22(24)14-3-5-16(31)6-4-14)29(43,30(33,34)35)12-37-26(41)15-9-18-23(20(10-15)44-2)39-40(25(18)32)17-7-8-17/h3-6,9-11,17,43H,7-8,12-13H2,1-2H3,(H2,36,42)(H,37,41)/t28-,29?/m0/s1. The number of nitrogens with one attached hydrogen (secondary N) is 1. The first kappa shape index (κ1) is 30.2. The van der Waals surface area contributed by atoms with Gasteiger partial charge in [0.1, 0.15) is 40.5 Å². The number of hydrogen-bond donors (Lipinski definition) is 3. The van der Waals surface area contributed by atoms with Crippen LogP contribution in [0.15, 0.2) is 42.5 Å². The van der Waals surface area contributed by atoms with Crippen LogP contribution >= 0.6 is 0 Å². The molecule has 1 saturated carbocycles. The lowest BCUT2D eigenvalue weighted by molar-refractivity contribution is -0.265. The van der Waals surface area contributed by atoms with E-state index >= 15 is 4.39 Å². The number of nitrogens with zero attached hydrogens (tertiary/aromatic N) is 3. The molecule has 4 aromatic rings. The van der Waals surface area contributed by atoms with Gasteiger partial charge in [0.2, 0.25) is 17.5 Å². The number of pyridine rings is 1. The number of ether oxygens (including phenoxy) is 2. The van der Waals surface area contributed by atoms with Gasteiger partial charge < -0.3 is 25.6 Å². The zero-order valence-electron chi connectivity index (χ0n) is 23.8. The van der Waals surface area contributed by atoms with Gasteiger partial charge in [0.25, 0.3) is 5.91 Å². The summed E-state index contributed by atoms with van der Waals surface area (Å²) in [6.45, 7) is -0.388. The molecule has 1 aliphatic heterocycles. The second-order valence-electron chi connectivity index (χ2n) is 11.3. The third-order valence-electron chi connectivity index (χ3n) is 8.21. The van der Waals surface area contributed by atoms with Crippen LogP contribution in [0.1, 0.15) is 47.4 Å². The number of hydrogen-bond acceptors (Lipinski definition) is 7. The van der Waals surface area contributed by atoms with E-state index in [1.165, 1.54) is 36.9 Å².